The van der Waals surface area contributed by atoms with Gasteiger partial charge in [0.05, 0.1) is 17.2 Å². The Bertz CT molecular complexity index is 1210. The zero-order valence-electron chi connectivity index (χ0n) is 19.1. The maximum absolute atomic E-state index is 13.2. The van der Waals surface area contributed by atoms with Crippen LogP contribution in [0, 0.1) is 0 Å². The van der Waals surface area contributed by atoms with E-state index in [4.69, 9.17) is 4.74 Å². The molecule has 2 aromatic rings. The number of nitrogens with zero attached hydrogens (tertiary/aromatic N) is 2. The van der Waals surface area contributed by atoms with E-state index in [1.54, 1.807) is 23.1 Å². The van der Waals surface area contributed by atoms with Crippen LogP contribution in [-0.4, -0.2) is 52.1 Å². The number of rotatable bonds is 4. The predicted octanol–water partition coefficient (Wildman–Crippen LogP) is 2.95. The summed E-state index contributed by atoms with van der Waals surface area (Å²) >= 11 is 0. The molecule has 2 unspecified atom stereocenters. The lowest BCUT2D eigenvalue weighted by molar-refractivity contribution is -0.136. The van der Waals surface area contributed by atoms with Crippen LogP contribution in [0.15, 0.2) is 48.5 Å². The lowest BCUT2D eigenvalue weighted by atomic mass is 9.93. The van der Waals surface area contributed by atoms with Crippen molar-refractivity contribution in [1.29, 1.82) is 0 Å². The van der Waals surface area contributed by atoms with Gasteiger partial charge < -0.3 is 9.64 Å². The second-order valence-electron chi connectivity index (χ2n) is 9.00. The summed E-state index contributed by atoms with van der Waals surface area (Å²) in [6.45, 7) is 0.700. The summed E-state index contributed by atoms with van der Waals surface area (Å²) in [7, 11) is 0. The largest absolute Gasteiger partial charge is 0.445 e. The average molecular weight is 476 g/mol. The minimum Gasteiger partial charge on any atom is -0.445 e. The molecule has 5 amide bonds. The third kappa shape index (κ3) is 4.29. The second kappa shape index (κ2) is 9.32. The molecule has 2 fully saturated rings. The SMILES string of the molecule is O=C1CCC(N2C(=O)c3ccc(C4CCCCN4C(=O)OCc4ccccc4)cc3C2=O)C(=O)N1. The number of hydrogen-bond donors (Lipinski definition) is 1. The van der Waals surface area contributed by atoms with Gasteiger partial charge in [-0.2, -0.15) is 0 Å². The molecule has 5 rings (SSSR count). The van der Waals surface area contributed by atoms with Gasteiger partial charge in [0, 0.05) is 13.0 Å². The van der Waals surface area contributed by atoms with E-state index in [2.05, 4.69) is 5.32 Å². The van der Waals surface area contributed by atoms with Crippen LogP contribution in [-0.2, 0) is 20.9 Å². The van der Waals surface area contributed by atoms with Crippen molar-refractivity contribution in [3.63, 3.8) is 0 Å². The van der Waals surface area contributed by atoms with Crippen molar-refractivity contribution < 1.29 is 28.7 Å². The fourth-order valence-electron chi connectivity index (χ4n) is 4.99. The van der Waals surface area contributed by atoms with E-state index < -0.39 is 35.8 Å². The van der Waals surface area contributed by atoms with Gasteiger partial charge in [0.1, 0.15) is 12.6 Å². The van der Waals surface area contributed by atoms with Gasteiger partial charge in [0.2, 0.25) is 11.8 Å². The first-order chi connectivity index (χ1) is 16.9. The van der Waals surface area contributed by atoms with Crippen molar-refractivity contribution >= 4 is 29.7 Å². The Hall–Kier alpha value is -4.01. The Balaban J connectivity index is 1.35. The average Bonchev–Trinajstić information content (AvgIpc) is 3.12. The topological polar surface area (TPSA) is 113 Å². The zero-order valence-corrected chi connectivity index (χ0v) is 19.1. The van der Waals surface area contributed by atoms with E-state index in [1.807, 2.05) is 30.3 Å². The molecule has 35 heavy (non-hydrogen) atoms. The molecule has 9 heteroatoms. The van der Waals surface area contributed by atoms with Crippen molar-refractivity contribution in [3.8, 4) is 0 Å². The van der Waals surface area contributed by atoms with Gasteiger partial charge in [-0.3, -0.25) is 29.4 Å². The molecule has 1 N–H and O–H groups in total. The molecule has 2 saturated heterocycles. The molecule has 0 radical (unpaired) electrons. The molecule has 3 aliphatic heterocycles. The van der Waals surface area contributed by atoms with Crippen molar-refractivity contribution in [1.82, 2.24) is 15.1 Å². The third-order valence-electron chi connectivity index (χ3n) is 6.79. The van der Waals surface area contributed by atoms with Crippen molar-refractivity contribution in [2.45, 2.75) is 50.8 Å². The molecule has 0 aliphatic carbocycles. The number of carbonyl (C=O) groups is 5. The molecular weight excluding hydrogens is 450 g/mol. The Labute approximate surface area is 202 Å². The Morgan fingerprint density at radius 2 is 1.69 bits per heavy atom. The highest BCUT2D eigenvalue weighted by Crippen LogP contribution is 2.35. The van der Waals surface area contributed by atoms with Crippen LogP contribution in [0.5, 0.6) is 0 Å². The smallest absolute Gasteiger partial charge is 0.410 e. The number of amides is 5. The number of imide groups is 2. The van der Waals surface area contributed by atoms with Crippen LogP contribution in [0.2, 0.25) is 0 Å². The van der Waals surface area contributed by atoms with Crippen LogP contribution < -0.4 is 5.32 Å². The molecule has 9 nitrogen and oxygen atoms in total. The van der Waals surface area contributed by atoms with Gasteiger partial charge in [-0.1, -0.05) is 36.4 Å². The molecule has 0 saturated carbocycles. The third-order valence-corrected chi connectivity index (χ3v) is 6.79. The minimum absolute atomic E-state index is 0.0667. The Morgan fingerprint density at radius 1 is 0.914 bits per heavy atom. The minimum atomic E-state index is -1.01. The van der Waals surface area contributed by atoms with Crippen molar-refractivity contribution in [2.24, 2.45) is 0 Å². The van der Waals surface area contributed by atoms with Crippen LogP contribution in [0.4, 0.5) is 4.79 Å². The maximum Gasteiger partial charge on any atom is 0.410 e. The van der Waals surface area contributed by atoms with E-state index in [0.29, 0.717) is 13.0 Å². The van der Waals surface area contributed by atoms with Crippen molar-refractivity contribution in [2.75, 3.05) is 6.54 Å². The summed E-state index contributed by atoms with van der Waals surface area (Å²) in [4.78, 5) is 65.5. The summed E-state index contributed by atoms with van der Waals surface area (Å²) < 4.78 is 5.55. The molecule has 2 atom stereocenters. The number of fused-ring (bicyclic) bond motifs is 1. The van der Waals surface area contributed by atoms with Crippen LogP contribution >= 0.6 is 0 Å². The first kappa shape index (κ1) is 22.8. The fraction of sp³-hybridized carbons (Fsp3) is 0.346. The molecule has 180 valence electrons. The van der Waals surface area contributed by atoms with Gasteiger partial charge >= 0.3 is 6.09 Å². The number of likely N-dealkylation sites (tertiary alicyclic amines) is 1. The quantitative estimate of drug-likeness (QED) is 0.681. The van der Waals surface area contributed by atoms with Crippen molar-refractivity contribution in [3.05, 3.63) is 70.8 Å². The molecule has 3 aliphatic rings. The number of carbonyl (C=O) groups excluding carboxylic acids is 5. The summed E-state index contributed by atoms with van der Waals surface area (Å²) in [6, 6.07) is 13.1. The van der Waals surface area contributed by atoms with Crippen LogP contribution in [0.3, 0.4) is 0 Å². The van der Waals surface area contributed by atoms with E-state index in [-0.39, 0.29) is 36.6 Å². The van der Waals surface area contributed by atoms with E-state index >= 15 is 0 Å². The molecular formula is C26H25N3O6. The number of benzene rings is 2. The number of hydrogen-bond acceptors (Lipinski definition) is 6. The highest BCUT2D eigenvalue weighted by Gasteiger charge is 2.45. The normalized spacial score (nSPS) is 22.2. The van der Waals surface area contributed by atoms with Crippen LogP contribution in [0.1, 0.15) is 70.0 Å². The van der Waals surface area contributed by atoms with Gasteiger partial charge in [0.15, 0.2) is 0 Å². The number of ether oxygens (including phenoxy) is 1. The fourth-order valence-corrected chi connectivity index (χ4v) is 4.99. The molecule has 0 aromatic heterocycles. The number of piperidine rings is 2. The molecule has 2 aromatic carbocycles. The Morgan fingerprint density at radius 3 is 2.46 bits per heavy atom. The van der Waals surface area contributed by atoms with E-state index in [9.17, 15) is 24.0 Å². The zero-order chi connectivity index (χ0) is 24.5. The van der Waals surface area contributed by atoms with Crippen LogP contribution in [0.25, 0.3) is 0 Å². The summed E-state index contributed by atoms with van der Waals surface area (Å²) in [5.74, 6) is -2.17. The van der Waals surface area contributed by atoms with Gasteiger partial charge in [-0.25, -0.2) is 4.79 Å². The Kier molecular flexibility index (Phi) is 6.07. The summed E-state index contributed by atoms with van der Waals surface area (Å²) in [6.07, 6.45) is 2.22. The predicted molar refractivity (Wildman–Crippen MR) is 123 cm³/mol. The first-order valence-corrected chi connectivity index (χ1v) is 11.8. The second-order valence-corrected chi connectivity index (χ2v) is 9.00. The lowest BCUT2D eigenvalue weighted by Crippen LogP contribution is -2.54. The summed E-state index contributed by atoms with van der Waals surface area (Å²) in [5.41, 5.74) is 2.06. The highest BCUT2D eigenvalue weighted by molar-refractivity contribution is 6.23. The van der Waals surface area contributed by atoms with E-state index in [1.165, 1.54) is 0 Å². The van der Waals surface area contributed by atoms with E-state index in [0.717, 1.165) is 28.9 Å². The lowest BCUT2D eigenvalue weighted by Gasteiger charge is -2.35. The maximum atomic E-state index is 13.2. The molecule has 3 heterocycles. The summed E-state index contributed by atoms with van der Waals surface area (Å²) in [5, 5.41) is 2.20. The molecule has 0 spiro atoms. The van der Waals surface area contributed by atoms with Gasteiger partial charge in [0.25, 0.3) is 11.8 Å². The molecule has 0 bridgehead atoms. The standard InChI is InChI=1S/C26H25N3O6/c30-22-12-11-21(23(31)27-22)29-24(32)18-10-9-17(14-19(18)25(29)33)20-8-4-5-13-28(20)26(34)35-15-16-6-2-1-3-7-16/h1-3,6-7,9-10,14,20-21H,4-5,8,11-13,15H2,(H,27,30,31). The monoisotopic (exact) mass is 475 g/mol. The highest BCUT2D eigenvalue weighted by atomic mass is 16.6. The number of nitrogens with one attached hydrogen (secondary N) is 1. The van der Waals surface area contributed by atoms with Gasteiger partial charge in [-0.05, 0) is 48.9 Å². The first-order valence-electron chi connectivity index (χ1n) is 11.8. The van der Waals surface area contributed by atoms with Gasteiger partial charge in [-0.15, -0.1) is 0 Å².